The first-order valence-electron chi connectivity index (χ1n) is 9.16. The fraction of sp³-hybridized carbons (Fsp3) is 0.174. The average molecular weight is 387 g/mol. The first-order valence-corrected chi connectivity index (χ1v) is 9.16. The minimum Gasteiger partial charge on any atom is -0.449 e. The standard InChI is InChI=1S/C23H21N3O3/c1-15-4-5-16(2)26(15)21-12-8-19(9-13-21)23(28)29-17(3)22(27)25-20-10-6-18(14-24)7-11-20/h4-13,17H,1-3H3,(H,25,27)/t17-/m0/s1. The van der Waals surface area contributed by atoms with Crippen molar-refractivity contribution in [3.8, 4) is 11.8 Å². The number of amides is 1. The molecule has 0 radical (unpaired) electrons. The van der Waals surface area contributed by atoms with Gasteiger partial charge in [0.15, 0.2) is 6.10 Å². The van der Waals surface area contributed by atoms with E-state index in [0.29, 0.717) is 16.8 Å². The number of nitrogens with one attached hydrogen (secondary N) is 1. The van der Waals surface area contributed by atoms with Gasteiger partial charge in [0, 0.05) is 22.8 Å². The maximum atomic E-state index is 12.4. The lowest BCUT2D eigenvalue weighted by Crippen LogP contribution is -2.30. The van der Waals surface area contributed by atoms with Crippen molar-refractivity contribution in [2.75, 3.05) is 5.32 Å². The Bertz CT molecular complexity index is 1050. The lowest BCUT2D eigenvalue weighted by molar-refractivity contribution is -0.123. The van der Waals surface area contributed by atoms with Crippen molar-refractivity contribution in [1.29, 1.82) is 5.26 Å². The van der Waals surface area contributed by atoms with E-state index in [0.717, 1.165) is 17.1 Å². The van der Waals surface area contributed by atoms with Gasteiger partial charge in [-0.25, -0.2) is 4.79 Å². The molecule has 0 unspecified atom stereocenters. The van der Waals surface area contributed by atoms with Crippen LogP contribution in [0.2, 0.25) is 0 Å². The molecule has 3 rings (SSSR count). The Morgan fingerprint density at radius 3 is 2.10 bits per heavy atom. The van der Waals surface area contributed by atoms with Gasteiger partial charge in [-0.3, -0.25) is 4.79 Å². The topological polar surface area (TPSA) is 84.1 Å². The van der Waals surface area contributed by atoms with Crippen molar-refractivity contribution in [3.05, 3.63) is 83.2 Å². The highest BCUT2D eigenvalue weighted by Crippen LogP contribution is 2.18. The average Bonchev–Trinajstić information content (AvgIpc) is 3.06. The number of rotatable bonds is 5. The number of esters is 1. The first-order chi connectivity index (χ1) is 13.9. The molecule has 0 aliphatic heterocycles. The van der Waals surface area contributed by atoms with Gasteiger partial charge in [0.1, 0.15) is 0 Å². The van der Waals surface area contributed by atoms with Gasteiger partial charge in [-0.2, -0.15) is 5.26 Å². The number of carbonyl (C=O) groups is 2. The van der Waals surface area contributed by atoms with Gasteiger partial charge in [-0.1, -0.05) is 0 Å². The van der Waals surface area contributed by atoms with E-state index in [4.69, 9.17) is 10.00 Å². The van der Waals surface area contributed by atoms with Crippen molar-refractivity contribution in [3.63, 3.8) is 0 Å². The van der Waals surface area contributed by atoms with Crippen molar-refractivity contribution < 1.29 is 14.3 Å². The zero-order chi connectivity index (χ0) is 21.0. The van der Waals surface area contributed by atoms with Gasteiger partial charge in [-0.15, -0.1) is 0 Å². The van der Waals surface area contributed by atoms with Crippen LogP contribution in [0.5, 0.6) is 0 Å². The molecule has 6 heteroatoms. The molecule has 1 aromatic heterocycles. The zero-order valence-electron chi connectivity index (χ0n) is 16.5. The van der Waals surface area contributed by atoms with Crippen molar-refractivity contribution in [2.24, 2.45) is 0 Å². The summed E-state index contributed by atoms with van der Waals surface area (Å²) in [5.74, 6) is -1.02. The van der Waals surface area contributed by atoms with Gasteiger partial charge in [0.05, 0.1) is 17.2 Å². The molecule has 0 bridgehead atoms. The summed E-state index contributed by atoms with van der Waals surface area (Å²) in [6, 6.07) is 19.6. The van der Waals surface area contributed by atoms with Crippen LogP contribution in [0.25, 0.3) is 5.69 Å². The molecule has 29 heavy (non-hydrogen) atoms. The predicted molar refractivity (Wildman–Crippen MR) is 110 cm³/mol. The smallest absolute Gasteiger partial charge is 0.338 e. The summed E-state index contributed by atoms with van der Waals surface area (Å²) >= 11 is 0. The van der Waals surface area contributed by atoms with Gasteiger partial charge < -0.3 is 14.6 Å². The van der Waals surface area contributed by atoms with Crippen LogP contribution in [0.1, 0.15) is 34.2 Å². The number of hydrogen-bond acceptors (Lipinski definition) is 4. The molecule has 0 fully saturated rings. The number of nitrogens with zero attached hydrogens (tertiary/aromatic N) is 2. The van der Waals surface area contributed by atoms with Crippen molar-refractivity contribution >= 4 is 17.6 Å². The number of carbonyl (C=O) groups excluding carboxylic acids is 2. The van der Waals surface area contributed by atoms with Crippen LogP contribution in [-0.4, -0.2) is 22.5 Å². The third kappa shape index (κ3) is 4.53. The molecule has 0 aliphatic rings. The van der Waals surface area contributed by atoms with Crippen LogP contribution in [0.15, 0.2) is 60.7 Å². The predicted octanol–water partition coefficient (Wildman–Crippen LogP) is 4.15. The van der Waals surface area contributed by atoms with Gasteiger partial charge >= 0.3 is 5.97 Å². The summed E-state index contributed by atoms with van der Waals surface area (Å²) in [6.45, 7) is 5.55. The van der Waals surface area contributed by atoms with Gasteiger partial charge in [0.2, 0.25) is 0 Å². The van der Waals surface area contributed by atoms with E-state index in [1.54, 1.807) is 36.4 Å². The monoisotopic (exact) mass is 387 g/mol. The van der Waals surface area contributed by atoms with E-state index in [1.807, 2.05) is 44.2 Å². The summed E-state index contributed by atoms with van der Waals surface area (Å²) in [7, 11) is 0. The highest BCUT2D eigenvalue weighted by molar-refractivity contribution is 5.97. The van der Waals surface area contributed by atoms with Crippen molar-refractivity contribution in [2.45, 2.75) is 26.9 Å². The van der Waals surface area contributed by atoms with Crippen LogP contribution in [0, 0.1) is 25.2 Å². The molecule has 6 nitrogen and oxygen atoms in total. The summed E-state index contributed by atoms with van der Waals surface area (Å²) in [6.07, 6.45) is -0.966. The molecule has 1 heterocycles. The molecule has 0 aliphatic carbocycles. The number of anilines is 1. The molecule has 146 valence electrons. The first kappa shape index (κ1) is 19.9. The fourth-order valence-electron chi connectivity index (χ4n) is 2.98. The summed E-state index contributed by atoms with van der Waals surface area (Å²) in [5, 5.41) is 11.5. The van der Waals surface area contributed by atoms with Crippen LogP contribution < -0.4 is 5.32 Å². The maximum Gasteiger partial charge on any atom is 0.338 e. The van der Waals surface area contributed by atoms with E-state index in [1.165, 1.54) is 6.92 Å². The van der Waals surface area contributed by atoms with E-state index >= 15 is 0 Å². The molecule has 1 amide bonds. The zero-order valence-corrected chi connectivity index (χ0v) is 16.5. The molecule has 0 spiro atoms. The number of ether oxygens (including phenoxy) is 1. The van der Waals surface area contributed by atoms with E-state index in [-0.39, 0.29) is 0 Å². The Morgan fingerprint density at radius 2 is 1.55 bits per heavy atom. The van der Waals surface area contributed by atoms with E-state index < -0.39 is 18.0 Å². The molecular weight excluding hydrogens is 366 g/mol. The molecule has 3 aromatic rings. The third-order valence-corrected chi connectivity index (χ3v) is 4.57. The third-order valence-electron chi connectivity index (χ3n) is 4.57. The van der Waals surface area contributed by atoms with Gasteiger partial charge in [0.25, 0.3) is 5.91 Å². The minimum atomic E-state index is -0.966. The highest BCUT2D eigenvalue weighted by Gasteiger charge is 2.19. The second-order valence-corrected chi connectivity index (χ2v) is 6.72. The quantitative estimate of drug-likeness (QED) is 0.667. The van der Waals surface area contributed by atoms with Gasteiger partial charge in [-0.05, 0) is 81.4 Å². The largest absolute Gasteiger partial charge is 0.449 e. The van der Waals surface area contributed by atoms with Crippen LogP contribution >= 0.6 is 0 Å². The molecule has 0 saturated heterocycles. The van der Waals surface area contributed by atoms with Crippen LogP contribution in [-0.2, 0) is 9.53 Å². The molecular formula is C23H21N3O3. The number of aromatic nitrogens is 1. The van der Waals surface area contributed by atoms with Crippen LogP contribution in [0.4, 0.5) is 5.69 Å². The molecule has 1 atom stereocenters. The lowest BCUT2D eigenvalue weighted by atomic mass is 10.2. The number of nitriles is 1. The second-order valence-electron chi connectivity index (χ2n) is 6.72. The molecule has 1 N–H and O–H groups in total. The Morgan fingerprint density at radius 1 is 0.966 bits per heavy atom. The van der Waals surface area contributed by atoms with E-state index in [2.05, 4.69) is 9.88 Å². The lowest BCUT2D eigenvalue weighted by Gasteiger charge is -2.14. The molecule has 0 saturated carbocycles. The highest BCUT2D eigenvalue weighted by atomic mass is 16.5. The number of hydrogen-bond donors (Lipinski definition) is 1. The fourth-order valence-corrected chi connectivity index (χ4v) is 2.98. The summed E-state index contributed by atoms with van der Waals surface area (Å²) in [4.78, 5) is 24.6. The normalized spacial score (nSPS) is 11.4. The Hall–Kier alpha value is -3.85. The summed E-state index contributed by atoms with van der Waals surface area (Å²) < 4.78 is 7.37. The molecule has 2 aromatic carbocycles. The SMILES string of the molecule is Cc1ccc(C)n1-c1ccc(C(=O)O[C@@H](C)C(=O)Nc2ccc(C#N)cc2)cc1. The van der Waals surface area contributed by atoms with E-state index in [9.17, 15) is 9.59 Å². The second kappa shape index (κ2) is 8.44. The minimum absolute atomic E-state index is 0.370. The maximum absolute atomic E-state index is 12.4. The Balaban J connectivity index is 1.63. The Labute approximate surface area is 169 Å². The summed E-state index contributed by atoms with van der Waals surface area (Å²) in [5.41, 5.74) is 4.55. The van der Waals surface area contributed by atoms with Crippen LogP contribution in [0.3, 0.4) is 0 Å². The number of aryl methyl sites for hydroxylation is 2. The Kier molecular flexibility index (Phi) is 5.79. The number of benzene rings is 2. The van der Waals surface area contributed by atoms with Crippen molar-refractivity contribution in [1.82, 2.24) is 4.57 Å².